The van der Waals surface area contributed by atoms with Crippen molar-refractivity contribution < 1.29 is 0 Å². The number of hydrogen-bond donors (Lipinski definition) is 1. The van der Waals surface area contributed by atoms with E-state index in [4.69, 9.17) is 10.1 Å². The zero-order valence-electron chi connectivity index (χ0n) is 18.8. The minimum absolute atomic E-state index is 0.149. The van der Waals surface area contributed by atoms with E-state index >= 15 is 0 Å². The molecule has 1 N–H and O–H groups in total. The van der Waals surface area contributed by atoms with Crippen LogP contribution in [0.1, 0.15) is 0 Å². The van der Waals surface area contributed by atoms with Gasteiger partial charge in [0, 0.05) is 62.1 Å². The fourth-order valence-electron chi connectivity index (χ4n) is 4.52. The highest BCUT2D eigenvalue weighted by molar-refractivity contribution is 6.38. The van der Waals surface area contributed by atoms with Crippen molar-refractivity contribution in [2.45, 2.75) is 0 Å². The van der Waals surface area contributed by atoms with Gasteiger partial charge in [0.25, 0.3) is 11.8 Å². The van der Waals surface area contributed by atoms with Crippen LogP contribution in [0.3, 0.4) is 0 Å². The summed E-state index contributed by atoms with van der Waals surface area (Å²) in [5.74, 6) is 1.30. The molecule has 33 heavy (non-hydrogen) atoms. The molecule has 9 nitrogen and oxygen atoms in total. The third-order valence-electron chi connectivity index (χ3n) is 6.50. The molecule has 3 aromatic rings. The predicted molar refractivity (Wildman–Crippen MR) is 135 cm³/mol. The Morgan fingerprint density at radius 1 is 0.970 bits per heavy atom. The summed E-state index contributed by atoms with van der Waals surface area (Å²) in [6.45, 7) is 4.29. The molecule has 9 heteroatoms. The summed E-state index contributed by atoms with van der Waals surface area (Å²) in [5.41, 5.74) is 4.26. The number of aryl methyl sites for hydroxylation is 1. The van der Waals surface area contributed by atoms with E-state index in [2.05, 4.69) is 74.7 Å². The van der Waals surface area contributed by atoms with Crippen molar-refractivity contribution in [1.82, 2.24) is 19.3 Å². The van der Waals surface area contributed by atoms with Crippen LogP contribution in [0, 0.1) is 0 Å². The fraction of sp³-hybridized carbons (Fsp3) is 0.250. The number of nitrogens with one attached hydrogen (secondary N) is 1. The van der Waals surface area contributed by atoms with Gasteiger partial charge in [-0.1, -0.05) is 4.59 Å². The fourth-order valence-corrected chi connectivity index (χ4v) is 4.52. The summed E-state index contributed by atoms with van der Waals surface area (Å²) in [7, 11) is 4.12. The molecule has 6 rings (SSSR count). The van der Waals surface area contributed by atoms with E-state index in [0.717, 1.165) is 54.3 Å². The van der Waals surface area contributed by atoms with Crippen LogP contribution >= 0.6 is 0 Å². The maximum Gasteiger partial charge on any atom is 0.287 e. The lowest BCUT2D eigenvalue weighted by molar-refractivity contribution is 0.313. The molecule has 1 saturated heterocycles. The molecule has 0 bridgehead atoms. The van der Waals surface area contributed by atoms with E-state index in [0.29, 0.717) is 5.96 Å². The first kappa shape index (κ1) is 19.8. The number of amidine groups is 1. The Morgan fingerprint density at radius 3 is 2.61 bits per heavy atom. The number of quaternary nitrogens is 1. The molecule has 0 saturated carbocycles. The first-order chi connectivity index (χ1) is 16.1. The topological polar surface area (TPSA) is 73.4 Å². The highest BCUT2D eigenvalue weighted by atomic mass is 15.7. The Bertz CT molecular complexity index is 1320. The van der Waals surface area contributed by atoms with Crippen LogP contribution in [-0.4, -0.2) is 65.9 Å². The number of likely N-dealkylation sites (N-methyl/N-ethyl adjacent to an activating group) is 1. The molecule has 0 aliphatic carbocycles. The highest BCUT2D eigenvalue weighted by Crippen LogP contribution is 2.33. The second-order valence-corrected chi connectivity index (χ2v) is 8.63. The standard InChI is InChI=1S/C24H26N9/c1-30-10-12-32(13-11-30)20-5-3-19(4-6-20)27-24-28-23-17-25-9-14-33(23,29-24)21-7-8-22-18(15-21)16-26-31(22)2/h3-9,14-17H,10-13H2,1-2H3,(H,27,29)/q+1. The summed E-state index contributed by atoms with van der Waals surface area (Å²) >= 11 is 0. The van der Waals surface area contributed by atoms with Gasteiger partial charge in [-0.2, -0.15) is 10.1 Å². The van der Waals surface area contributed by atoms with E-state index in [9.17, 15) is 0 Å². The molecule has 3 aliphatic heterocycles. The number of piperazine rings is 1. The molecule has 0 radical (unpaired) electrons. The SMILES string of the molecule is CN1CCN(c2ccc(NC3=N[N+]4(c5ccc6c(cnn6C)c5)C=CN=CC4=N3)cc2)CC1. The van der Waals surface area contributed by atoms with Gasteiger partial charge in [0.1, 0.15) is 6.21 Å². The van der Waals surface area contributed by atoms with Gasteiger partial charge in [0.15, 0.2) is 11.9 Å². The summed E-state index contributed by atoms with van der Waals surface area (Å²) in [6, 6.07) is 14.7. The van der Waals surface area contributed by atoms with Gasteiger partial charge in [0.05, 0.1) is 17.9 Å². The van der Waals surface area contributed by atoms with Gasteiger partial charge < -0.3 is 15.1 Å². The average Bonchev–Trinajstić information content (AvgIpc) is 3.40. The van der Waals surface area contributed by atoms with Gasteiger partial charge in [-0.25, -0.2) is 0 Å². The smallest absolute Gasteiger partial charge is 0.287 e. The third kappa shape index (κ3) is 3.42. The van der Waals surface area contributed by atoms with Crippen LogP contribution in [0.2, 0.25) is 0 Å². The number of guanidine groups is 1. The zero-order valence-corrected chi connectivity index (χ0v) is 18.8. The first-order valence-electron chi connectivity index (χ1n) is 11.1. The lowest BCUT2D eigenvalue weighted by Gasteiger charge is -2.34. The molecule has 1 aromatic heterocycles. The van der Waals surface area contributed by atoms with Crippen molar-refractivity contribution in [2.24, 2.45) is 22.1 Å². The second-order valence-electron chi connectivity index (χ2n) is 8.63. The van der Waals surface area contributed by atoms with E-state index < -0.39 is 0 Å². The van der Waals surface area contributed by atoms with Gasteiger partial charge in [-0.05, 0) is 42.5 Å². The summed E-state index contributed by atoms with van der Waals surface area (Å²) in [6.07, 6.45) is 7.35. The van der Waals surface area contributed by atoms with Crippen molar-refractivity contribution in [1.29, 1.82) is 0 Å². The number of hydrogen-bond acceptors (Lipinski definition) is 7. The normalized spacial score (nSPS) is 22.4. The van der Waals surface area contributed by atoms with Crippen LogP contribution in [0.4, 0.5) is 17.1 Å². The monoisotopic (exact) mass is 440 g/mol. The molecule has 1 unspecified atom stereocenters. The highest BCUT2D eigenvalue weighted by Gasteiger charge is 2.43. The molecule has 1 atom stereocenters. The minimum Gasteiger partial charge on any atom is -0.369 e. The quantitative estimate of drug-likeness (QED) is 0.636. The Hall–Kier alpha value is -3.82. The third-order valence-corrected chi connectivity index (χ3v) is 6.50. The van der Waals surface area contributed by atoms with Crippen molar-refractivity contribution in [2.75, 3.05) is 43.4 Å². The predicted octanol–water partition coefficient (Wildman–Crippen LogP) is 2.98. The Labute approximate surface area is 192 Å². The first-order valence-corrected chi connectivity index (χ1v) is 11.1. The average molecular weight is 441 g/mol. The molecule has 2 aromatic carbocycles. The van der Waals surface area contributed by atoms with Gasteiger partial charge in [-0.3, -0.25) is 9.67 Å². The lowest BCUT2D eigenvalue weighted by Crippen LogP contribution is -2.44. The molecule has 3 aliphatic rings. The van der Waals surface area contributed by atoms with Crippen LogP contribution < -0.4 is 14.8 Å². The lowest BCUT2D eigenvalue weighted by atomic mass is 10.2. The number of benzene rings is 2. The van der Waals surface area contributed by atoms with E-state index in [-0.39, 0.29) is 4.59 Å². The molecular weight excluding hydrogens is 414 g/mol. The molecular formula is C24H26N9+. The maximum absolute atomic E-state index is 4.96. The number of fused-ring (bicyclic) bond motifs is 2. The zero-order chi connectivity index (χ0) is 22.4. The number of nitrogens with zero attached hydrogens (tertiary/aromatic N) is 8. The Kier molecular flexibility index (Phi) is 4.60. The van der Waals surface area contributed by atoms with Crippen molar-refractivity contribution in [3.8, 4) is 0 Å². The number of aromatic nitrogens is 2. The molecule has 1 fully saturated rings. The summed E-state index contributed by atoms with van der Waals surface area (Å²) in [4.78, 5) is 13.8. The number of rotatable bonds is 3. The van der Waals surface area contributed by atoms with Crippen LogP contribution in [0.15, 0.2) is 76.1 Å². The van der Waals surface area contributed by atoms with Crippen molar-refractivity contribution in [3.63, 3.8) is 0 Å². The Balaban J connectivity index is 1.27. The van der Waals surface area contributed by atoms with E-state index in [1.165, 1.54) is 5.69 Å². The molecule has 0 spiro atoms. The number of anilines is 2. The largest absolute Gasteiger partial charge is 0.369 e. The summed E-state index contributed by atoms with van der Waals surface area (Å²) in [5, 5.41) is 13.8. The second kappa shape index (κ2) is 7.65. The molecule has 0 amide bonds. The number of aliphatic imine (C=N–C) groups is 2. The van der Waals surface area contributed by atoms with Gasteiger partial charge in [0.2, 0.25) is 0 Å². The molecule has 4 heterocycles. The van der Waals surface area contributed by atoms with Crippen LogP contribution in [0.25, 0.3) is 10.9 Å². The Morgan fingerprint density at radius 2 is 1.79 bits per heavy atom. The van der Waals surface area contributed by atoms with E-state index in [1.54, 1.807) is 12.4 Å². The van der Waals surface area contributed by atoms with E-state index in [1.807, 2.05) is 24.1 Å². The van der Waals surface area contributed by atoms with Crippen molar-refractivity contribution >= 4 is 46.0 Å². The minimum atomic E-state index is 0.149. The molecule has 166 valence electrons. The van der Waals surface area contributed by atoms with Crippen LogP contribution in [-0.2, 0) is 7.05 Å². The summed E-state index contributed by atoms with van der Waals surface area (Å²) < 4.78 is 2.02. The van der Waals surface area contributed by atoms with Crippen LogP contribution in [0.5, 0.6) is 0 Å². The maximum atomic E-state index is 4.96. The van der Waals surface area contributed by atoms with Crippen molar-refractivity contribution in [3.05, 3.63) is 61.1 Å². The van der Waals surface area contributed by atoms with Gasteiger partial charge in [-0.15, -0.1) is 0 Å². The van der Waals surface area contributed by atoms with Gasteiger partial charge >= 0.3 is 0 Å².